The van der Waals surface area contributed by atoms with Crippen LogP contribution in [0.4, 0.5) is 0 Å². The summed E-state index contributed by atoms with van der Waals surface area (Å²) in [5, 5.41) is 0. The Hall–Kier alpha value is -2.78. The van der Waals surface area contributed by atoms with Crippen molar-refractivity contribution in [2.75, 3.05) is 13.2 Å². The summed E-state index contributed by atoms with van der Waals surface area (Å²) in [6.45, 7) is 7.87. The van der Waals surface area contributed by atoms with Crippen molar-refractivity contribution in [1.29, 1.82) is 0 Å². The Morgan fingerprint density at radius 1 is 0.946 bits per heavy atom. The van der Waals surface area contributed by atoms with Crippen LogP contribution in [-0.2, 0) is 28.4 Å². The van der Waals surface area contributed by atoms with E-state index in [9.17, 15) is 9.59 Å². The van der Waals surface area contributed by atoms with Gasteiger partial charge in [-0.1, -0.05) is 49.7 Å². The second kappa shape index (κ2) is 11.7. The molecule has 2 aromatic carbocycles. The van der Waals surface area contributed by atoms with Crippen LogP contribution in [0.3, 0.4) is 0 Å². The molecule has 2 aliphatic rings. The van der Waals surface area contributed by atoms with E-state index in [1.54, 1.807) is 55.5 Å². The molecule has 0 aromatic heterocycles. The number of unbranched alkanes of at least 4 members (excludes halogenated alkanes) is 1. The molecule has 2 aliphatic heterocycles. The van der Waals surface area contributed by atoms with Crippen LogP contribution in [0.15, 0.2) is 60.7 Å². The first-order chi connectivity index (χ1) is 17.7. The summed E-state index contributed by atoms with van der Waals surface area (Å²) in [5.74, 6) is -1.81. The van der Waals surface area contributed by atoms with Crippen LogP contribution in [-0.4, -0.2) is 61.1 Å². The summed E-state index contributed by atoms with van der Waals surface area (Å²) in [6.07, 6.45) is 0.122. The van der Waals surface area contributed by atoms with Crippen molar-refractivity contribution in [2.24, 2.45) is 0 Å². The zero-order valence-corrected chi connectivity index (χ0v) is 21.9. The molecule has 0 spiro atoms. The lowest BCUT2D eigenvalue weighted by Gasteiger charge is -2.34. The number of hydrogen-bond donors (Lipinski definition) is 0. The number of fused-ring (bicyclic) bond motifs is 1. The van der Waals surface area contributed by atoms with E-state index in [4.69, 9.17) is 28.4 Å². The van der Waals surface area contributed by atoms with Crippen LogP contribution in [0.1, 0.15) is 67.7 Å². The Morgan fingerprint density at radius 3 is 2.19 bits per heavy atom. The van der Waals surface area contributed by atoms with Gasteiger partial charge in [0, 0.05) is 13.0 Å². The molecule has 0 N–H and O–H groups in total. The Balaban J connectivity index is 1.52. The number of carbonyl (C=O) groups excluding carboxylic acids is 2. The van der Waals surface area contributed by atoms with Crippen molar-refractivity contribution in [1.82, 2.24) is 0 Å². The minimum absolute atomic E-state index is 0.163. The highest BCUT2D eigenvalue weighted by molar-refractivity contribution is 5.90. The fourth-order valence-electron chi connectivity index (χ4n) is 4.56. The first kappa shape index (κ1) is 27.3. The first-order valence-corrected chi connectivity index (χ1v) is 12.8. The summed E-state index contributed by atoms with van der Waals surface area (Å²) >= 11 is 0. The molecule has 0 aliphatic carbocycles. The molecule has 0 bridgehead atoms. The number of hydrogen-bond acceptors (Lipinski definition) is 8. The molecule has 3 unspecified atom stereocenters. The van der Waals surface area contributed by atoms with Crippen molar-refractivity contribution < 1.29 is 38.0 Å². The van der Waals surface area contributed by atoms with Gasteiger partial charge in [0.2, 0.25) is 0 Å². The summed E-state index contributed by atoms with van der Waals surface area (Å²) in [6, 6.07) is 17.4. The van der Waals surface area contributed by atoms with Crippen LogP contribution in [0, 0.1) is 0 Å². The van der Waals surface area contributed by atoms with E-state index >= 15 is 0 Å². The maximum atomic E-state index is 13.0. The van der Waals surface area contributed by atoms with Crippen molar-refractivity contribution >= 4 is 11.9 Å². The highest BCUT2D eigenvalue weighted by Crippen LogP contribution is 2.41. The topological polar surface area (TPSA) is 89.5 Å². The van der Waals surface area contributed by atoms with E-state index in [1.165, 1.54) is 0 Å². The third-order valence-corrected chi connectivity index (χ3v) is 6.40. The molecule has 4 rings (SSSR count). The van der Waals surface area contributed by atoms with Gasteiger partial charge < -0.3 is 28.4 Å². The molecule has 8 nitrogen and oxygen atoms in total. The van der Waals surface area contributed by atoms with E-state index in [2.05, 4.69) is 6.92 Å². The quantitative estimate of drug-likeness (QED) is 0.310. The fourth-order valence-corrected chi connectivity index (χ4v) is 4.56. The highest BCUT2D eigenvalue weighted by atomic mass is 16.8. The molecule has 8 heteroatoms. The van der Waals surface area contributed by atoms with Gasteiger partial charge in [-0.15, -0.1) is 0 Å². The smallest absolute Gasteiger partial charge is 0.338 e. The molecule has 2 aromatic rings. The van der Waals surface area contributed by atoms with Gasteiger partial charge in [-0.3, -0.25) is 0 Å². The molecular weight excluding hydrogens is 476 g/mol. The maximum absolute atomic E-state index is 13.0. The normalized spacial score (nSPS) is 25.7. The van der Waals surface area contributed by atoms with Crippen LogP contribution in [0.25, 0.3) is 0 Å². The Kier molecular flexibility index (Phi) is 8.64. The fraction of sp³-hybridized carbons (Fsp3) is 0.517. The predicted molar refractivity (Wildman–Crippen MR) is 135 cm³/mol. The zero-order chi connectivity index (χ0) is 26.5. The minimum atomic E-state index is -1.21. The van der Waals surface area contributed by atoms with Gasteiger partial charge >= 0.3 is 11.9 Å². The predicted octanol–water partition coefficient (Wildman–Crippen LogP) is 4.91. The molecule has 0 radical (unpaired) electrons. The van der Waals surface area contributed by atoms with Crippen molar-refractivity contribution in [3.63, 3.8) is 0 Å². The van der Waals surface area contributed by atoms with Gasteiger partial charge in [0.25, 0.3) is 0 Å². The third kappa shape index (κ3) is 6.96. The first-order valence-electron chi connectivity index (χ1n) is 12.8. The van der Waals surface area contributed by atoms with Crippen LogP contribution < -0.4 is 0 Å². The molecule has 0 amide bonds. The van der Waals surface area contributed by atoms with E-state index in [0.29, 0.717) is 17.7 Å². The minimum Gasteiger partial charge on any atom is -0.458 e. The van der Waals surface area contributed by atoms with Gasteiger partial charge in [0.05, 0.1) is 17.2 Å². The Bertz CT molecular complexity index is 1040. The number of carbonyl (C=O) groups is 2. The van der Waals surface area contributed by atoms with Crippen molar-refractivity contribution in [2.45, 2.75) is 82.9 Å². The Morgan fingerprint density at radius 2 is 1.57 bits per heavy atom. The lowest BCUT2D eigenvalue weighted by atomic mass is 9.95. The van der Waals surface area contributed by atoms with Crippen molar-refractivity contribution in [3.05, 3.63) is 71.8 Å². The lowest BCUT2D eigenvalue weighted by molar-refractivity contribution is -0.224. The molecule has 200 valence electrons. The Labute approximate surface area is 218 Å². The average Bonchev–Trinajstić information content (AvgIpc) is 3.34. The summed E-state index contributed by atoms with van der Waals surface area (Å²) in [5.41, 5.74) is -0.394. The number of benzene rings is 2. The molecule has 2 heterocycles. The maximum Gasteiger partial charge on any atom is 0.338 e. The molecule has 37 heavy (non-hydrogen) atoms. The molecule has 0 saturated carbocycles. The average molecular weight is 513 g/mol. The lowest BCUT2D eigenvalue weighted by Crippen LogP contribution is -2.45. The molecule has 2 fully saturated rings. The standard InChI is InChI=1S/C29H36O8/c1-5-6-17-32-23-22(34-27-24(23)35-28(2,3)37-27)18-29(4,36-26(31)21-15-11-8-12-16-21)19-33-25(30)20-13-9-7-10-14-20/h7-16,22-24,27H,5-6,17-19H2,1-4H3/t22-,23+,24?,27?,29?/m1/s1. The molecule has 2 saturated heterocycles. The van der Waals surface area contributed by atoms with Gasteiger partial charge in [0.15, 0.2) is 12.1 Å². The number of ether oxygens (including phenoxy) is 6. The van der Waals surface area contributed by atoms with E-state index in [1.807, 2.05) is 26.0 Å². The van der Waals surface area contributed by atoms with E-state index in [0.717, 1.165) is 12.8 Å². The molecule has 5 atom stereocenters. The van der Waals surface area contributed by atoms with Gasteiger partial charge in [-0.2, -0.15) is 0 Å². The summed E-state index contributed by atoms with van der Waals surface area (Å²) in [7, 11) is 0. The van der Waals surface area contributed by atoms with Gasteiger partial charge in [0.1, 0.15) is 24.4 Å². The second-order valence-electron chi connectivity index (χ2n) is 10.2. The van der Waals surface area contributed by atoms with Crippen LogP contribution >= 0.6 is 0 Å². The monoisotopic (exact) mass is 512 g/mol. The zero-order valence-electron chi connectivity index (χ0n) is 21.9. The van der Waals surface area contributed by atoms with Crippen LogP contribution in [0.2, 0.25) is 0 Å². The van der Waals surface area contributed by atoms with E-state index < -0.39 is 47.9 Å². The molecular formula is C29H36O8. The van der Waals surface area contributed by atoms with Crippen molar-refractivity contribution in [3.8, 4) is 0 Å². The second-order valence-corrected chi connectivity index (χ2v) is 10.2. The van der Waals surface area contributed by atoms with E-state index in [-0.39, 0.29) is 13.0 Å². The number of rotatable bonds is 11. The van der Waals surface area contributed by atoms with Gasteiger partial charge in [-0.25, -0.2) is 9.59 Å². The van der Waals surface area contributed by atoms with Crippen LogP contribution in [0.5, 0.6) is 0 Å². The summed E-state index contributed by atoms with van der Waals surface area (Å²) in [4.78, 5) is 25.7. The largest absolute Gasteiger partial charge is 0.458 e. The SMILES string of the molecule is CCCCO[C@@H]1C2OC(C)(C)OC2O[C@@H]1CC(C)(COC(=O)c1ccccc1)OC(=O)c1ccccc1. The summed E-state index contributed by atoms with van der Waals surface area (Å²) < 4.78 is 36.1. The third-order valence-electron chi connectivity index (χ3n) is 6.40. The van der Waals surface area contributed by atoms with Gasteiger partial charge in [-0.05, 0) is 51.5 Å². The number of esters is 2. The highest BCUT2D eigenvalue weighted by Gasteiger charge is 2.56.